The van der Waals surface area contributed by atoms with Gasteiger partial charge in [-0.15, -0.1) is 0 Å². The summed E-state index contributed by atoms with van der Waals surface area (Å²) in [6, 6.07) is 0. The van der Waals surface area contributed by atoms with Crippen LogP contribution in [0.5, 0.6) is 0 Å². The molecule has 1 amide bonds. The Morgan fingerprint density at radius 1 is 1.42 bits per heavy atom. The summed E-state index contributed by atoms with van der Waals surface area (Å²) in [4.78, 5) is 20.7. The third-order valence-electron chi connectivity index (χ3n) is 3.77. The van der Waals surface area contributed by atoms with E-state index < -0.39 is 0 Å². The molecule has 0 bridgehead atoms. The van der Waals surface area contributed by atoms with Crippen molar-refractivity contribution in [3.8, 4) is 0 Å². The maximum absolute atomic E-state index is 12.4. The van der Waals surface area contributed by atoms with Gasteiger partial charge in [0.25, 0.3) is 0 Å². The van der Waals surface area contributed by atoms with Crippen LogP contribution in [-0.2, 0) is 4.79 Å². The van der Waals surface area contributed by atoms with Gasteiger partial charge >= 0.3 is 0 Å². The SMILES string of the molecule is CC1(C)CCCCC1C(=O)Nc1ncc(Br)nc1Br. The van der Waals surface area contributed by atoms with Crippen molar-refractivity contribution in [3.63, 3.8) is 0 Å². The largest absolute Gasteiger partial charge is 0.308 e. The van der Waals surface area contributed by atoms with Crippen LogP contribution in [0.3, 0.4) is 0 Å². The first kappa shape index (κ1) is 14.9. The van der Waals surface area contributed by atoms with E-state index in [1.807, 2.05) is 0 Å². The number of carbonyl (C=O) groups is 1. The van der Waals surface area contributed by atoms with Crippen molar-refractivity contribution in [3.05, 3.63) is 15.4 Å². The average molecular weight is 391 g/mol. The van der Waals surface area contributed by atoms with E-state index in [2.05, 4.69) is 61.0 Å². The number of carbonyl (C=O) groups excluding carboxylic acids is 1. The van der Waals surface area contributed by atoms with Crippen LogP contribution in [0.1, 0.15) is 39.5 Å². The number of halogens is 2. The van der Waals surface area contributed by atoms with Crippen LogP contribution in [-0.4, -0.2) is 15.9 Å². The lowest BCUT2D eigenvalue weighted by molar-refractivity contribution is -0.124. The molecule has 1 saturated carbocycles. The van der Waals surface area contributed by atoms with Crippen LogP contribution in [0.25, 0.3) is 0 Å². The Morgan fingerprint density at radius 2 is 2.16 bits per heavy atom. The molecule has 1 N–H and O–H groups in total. The maximum Gasteiger partial charge on any atom is 0.229 e. The summed E-state index contributed by atoms with van der Waals surface area (Å²) in [5.41, 5.74) is 0.0532. The molecule has 1 aliphatic rings. The predicted molar refractivity (Wildman–Crippen MR) is 81.8 cm³/mol. The molecule has 1 atom stereocenters. The average Bonchev–Trinajstić information content (AvgIpc) is 2.32. The molecule has 0 radical (unpaired) electrons. The second kappa shape index (κ2) is 5.87. The van der Waals surface area contributed by atoms with Crippen molar-refractivity contribution in [2.45, 2.75) is 39.5 Å². The van der Waals surface area contributed by atoms with E-state index in [1.165, 1.54) is 6.42 Å². The first-order valence-corrected chi connectivity index (χ1v) is 7.97. The Balaban J connectivity index is 2.12. The fourth-order valence-corrected chi connectivity index (χ4v) is 3.52. The van der Waals surface area contributed by atoms with Gasteiger partial charge in [-0.1, -0.05) is 26.7 Å². The molecule has 1 aromatic rings. The van der Waals surface area contributed by atoms with Crippen molar-refractivity contribution < 1.29 is 4.79 Å². The summed E-state index contributed by atoms with van der Waals surface area (Å²) in [7, 11) is 0. The summed E-state index contributed by atoms with van der Waals surface area (Å²) in [6.45, 7) is 4.33. The van der Waals surface area contributed by atoms with Crippen LogP contribution in [0, 0.1) is 11.3 Å². The predicted octanol–water partition coefficient (Wildman–Crippen LogP) is 4.16. The number of hydrogen-bond donors (Lipinski definition) is 1. The standard InChI is InChI=1S/C13H17Br2N3O/c1-13(2)6-4-3-5-8(13)12(19)18-11-10(15)17-9(14)7-16-11/h7-8H,3-6H2,1-2H3,(H,16,18,19). The molecule has 19 heavy (non-hydrogen) atoms. The first-order valence-electron chi connectivity index (χ1n) is 6.39. The van der Waals surface area contributed by atoms with Gasteiger partial charge < -0.3 is 5.32 Å². The Bertz CT molecular complexity index is 491. The van der Waals surface area contributed by atoms with Crippen LogP contribution in [0.2, 0.25) is 0 Å². The maximum atomic E-state index is 12.4. The Labute approximate surface area is 130 Å². The lowest BCUT2D eigenvalue weighted by atomic mass is 9.68. The van der Waals surface area contributed by atoms with Crippen molar-refractivity contribution >= 4 is 43.6 Å². The first-order chi connectivity index (χ1) is 8.90. The second-order valence-electron chi connectivity index (χ2n) is 5.61. The van der Waals surface area contributed by atoms with Crippen LogP contribution in [0.15, 0.2) is 15.4 Å². The van der Waals surface area contributed by atoms with Crippen LogP contribution < -0.4 is 5.32 Å². The van der Waals surface area contributed by atoms with E-state index in [9.17, 15) is 4.79 Å². The summed E-state index contributed by atoms with van der Waals surface area (Å²) < 4.78 is 1.18. The summed E-state index contributed by atoms with van der Waals surface area (Å²) >= 11 is 6.55. The molecule has 1 fully saturated rings. The van der Waals surface area contributed by atoms with E-state index >= 15 is 0 Å². The molecule has 1 unspecified atom stereocenters. The molecule has 1 aliphatic carbocycles. The number of hydrogen-bond acceptors (Lipinski definition) is 3. The Morgan fingerprint density at radius 3 is 2.79 bits per heavy atom. The lowest BCUT2D eigenvalue weighted by Gasteiger charge is -2.37. The van der Waals surface area contributed by atoms with E-state index in [0.717, 1.165) is 19.3 Å². The molecule has 1 aromatic heterocycles. The normalized spacial score (nSPS) is 22.0. The topological polar surface area (TPSA) is 54.9 Å². The highest BCUT2D eigenvalue weighted by molar-refractivity contribution is 9.11. The van der Waals surface area contributed by atoms with Gasteiger partial charge in [0.2, 0.25) is 5.91 Å². The summed E-state index contributed by atoms with van der Waals surface area (Å²) in [6.07, 6.45) is 5.94. The van der Waals surface area contributed by atoms with Crippen molar-refractivity contribution in [2.24, 2.45) is 11.3 Å². The molecule has 4 nitrogen and oxygen atoms in total. The highest BCUT2D eigenvalue weighted by Crippen LogP contribution is 2.41. The van der Waals surface area contributed by atoms with Crippen molar-refractivity contribution in [1.29, 1.82) is 0 Å². The molecule has 1 heterocycles. The second-order valence-corrected chi connectivity index (χ2v) is 7.17. The Kier molecular flexibility index (Phi) is 4.61. The third kappa shape index (κ3) is 3.54. The fraction of sp³-hybridized carbons (Fsp3) is 0.615. The van der Waals surface area contributed by atoms with Crippen molar-refractivity contribution in [1.82, 2.24) is 9.97 Å². The van der Waals surface area contributed by atoms with Gasteiger partial charge in [-0.05, 0) is 50.1 Å². The minimum Gasteiger partial charge on any atom is -0.308 e. The van der Waals surface area contributed by atoms with Gasteiger partial charge in [0.15, 0.2) is 5.82 Å². The number of aromatic nitrogens is 2. The number of nitrogens with zero attached hydrogens (tertiary/aromatic N) is 2. The van der Waals surface area contributed by atoms with E-state index in [4.69, 9.17) is 0 Å². The zero-order valence-electron chi connectivity index (χ0n) is 11.0. The quantitative estimate of drug-likeness (QED) is 0.824. The summed E-state index contributed by atoms with van der Waals surface area (Å²) in [5.74, 6) is 0.565. The number of nitrogens with one attached hydrogen (secondary N) is 1. The molecule has 6 heteroatoms. The van der Waals surface area contributed by atoms with Gasteiger partial charge in [0, 0.05) is 5.92 Å². The number of amides is 1. The molecule has 0 aromatic carbocycles. The third-order valence-corrected chi connectivity index (χ3v) is 4.70. The van der Waals surface area contributed by atoms with Gasteiger partial charge in [0.05, 0.1) is 6.20 Å². The molecule has 0 spiro atoms. The van der Waals surface area contributed by atoms with E-state index in [1.54, 1.807) is 6.20 Å². The van der Waals surface area contributed by atoms with Crippen LogP contribution in [0.4, 0.5) is 5.82 Å². The highest BCUT2D eigenvalue weighted by atomic mass is 79.9. The van der Waals surface area contributed by atoms with E-state index in [-0.39, 0.29) is 17.2 Å². The molecule has 0 saturated heterocycles. The fourth-order valence-electron chi connectivity index (χ4n) is 2.61. The van der Waals surface area contributed by atoms with Gasteiger partial charge in [-0.3, -0.25) is 4.79 Å². The molecule has 2 rings (SSSR count). The van der Waals surface area contributed by atoms with Crippen LogP contribution >= 0.6 is 31.9 Å². The van der Waals surface area contributed by atoms with E-state index in [0.29, 0.717) is 15.0 Å². The van der Waals surface area contributed by atoms with Gasteiger partial charge in [-0.25, -0.2) is 9.97 Å². The number of anilines is 1. The zero-order chi connectivity index (χ0) is 14.0. The number of rotatable bonds is 2. The van der Waals surface area contributed by atoms with Gasteiger partial charge in [0.1, 0.15) is 9.21 Å². The van der Waals surface area contributed by atoms with Crippen molar-refractivity contribution in [2.75, 3.05) is 5.32 Å². The zero-order valence-corrected chi connectivity index (χ0v) is 14.2. The highest BCUT2D eigenvalue weighted by Gasteiger charge is 2.37. The summed E-state index contributed by atoms with van der Waals surface area (Å²) in [5, 5.41) is 2.88. The van der Waals surface area contributed by atoms with Gasteiger partial charge in [-0.2, -0.15) is 0 Å². The molecule has 0 aliphatic heterocycles. The smallest absolute Gasteiger partial charge is 0.229 e. The Hall–Kier alpha value is -0.490. The lowest BCUT2D eigenvalue weighted by Crippen LogP contribution is -2.37. The minimum absolute atomic E-state index is 0.0404. The molecular weight excluding hydrogens is 374 g/mol. The molecule has 104 valence electrons. The molecular formula is C13H17Br2N3O. The monoisotopic (exact) mass is 389 g/mol. The minimum atomic E-state index is 0.0404.